The first kappa shape index (κ1) is 15.6. The van der Waals surface area contributed by atoms with Crippen molar-refractivity contribution in [2.24, 2.45) is 5.92 Å². The third kappa shape index (κ3) is 3.11. The highest BCUT2D eigenvalue weighted by Crippen LogP contribution is 2.28. The van der Waals surface area contributed by atoms with Crippen LogP contribution in [0.4, 0.5) is 4.79 Å². The van der Waals surface area contributed by atoms with E-state index in [9.17, 15) is 14.4 Å². The Morgan fingerprint density at radius 2 is 2.24 bits per heavy atom. The number of piperidine rings is 1. The number of nitrogens with one attached hydrogen (secondary N) is 1. The fourth-order valence-corrected chi connectivity index (χ4v) is 3.13. The first-order valence-corrected chi connectivity index (χ1v) is 7.52. The minimum Gasteiger partial charge on any atom is -0.480 e. The molecule has 2 aliphatic heterocycles. The van der Waals surface area contributed by atoms with Crippen molar-refractivity contribution in [3.63, 3.8) is 0 Å². The van der Waals surface area contributed by atoms with Crippen molar-refractivity contribution < 1.29 is 19.5 Å². The summed E-state index contributed by atoms with van der Waals surface area (Å²) < 4.78 is 0. The highest BCUT2D eigenvalue weighted by molar-refractivity contribution is 5.85. The van der Waals surface area contributed by atoms with Gasteiger partial charge in [0, 0.05) is 19.1 Å². The topological polar surface area (TPSA) is 90.0 Å². The lowest BCUT2D eigenvalue weighted by Gasteiger charge is -2.40. The van der Waals surface area contributed by atoms with E-state index in [1.165, 1.54) is 4.90 Å². The summed E-state index contributed by atoms with van der Waals surface area (Å²) >= 11 is 0. The van der Waals surface area contributed by atoms with Gasteiger partial charge in [-0.2, -0.15) is 0 Å². The summed E-state index contributed by atoms with van der Waals surface area (Å²) in [6, 6.07) is -0.545. The zero-order chi connectivity index (χ0) is 15.6. The predicted octanol–water partition coefficient (Wildman–Crippen LogP) is 0.502. The summed E-state index contributed by atoms with van der Waals surface area (Å²) in [7, 11) is 0. The quantitative estimate of drug-likeness (QED) is 0.791. The number of fused-ring (bicyclic) bond motifs is 1. The molecule has 0 aromatic rings. The second kappa shape index (κ2) is 6.32. The second-order valence-corrected chi connectivity index (χ2v) is 5.82. The number of amides is 3. The highest BCUT2D eigenvalue weighted by Gasteiger charge is 2.44. The lowest BCUT2D eigenvalue weighted by atomic mass is 9.91. The van der Waals surface area contributed by atoms with E-state index in [0.29, 0.717) is 19.5 Å². The molecule has 2 aliphatic rings. The van der Waals surface area contributed by atoms with Crippen molar-refractivity contribution in [3.8, 4) is 0 Å². The normalized spacial score (nSPS) is 26.0. The van der Waals surface area contributed by atoms with E-state index >= 15 is 0 Å². The van der Waals surface area contributed by atoms with E-state index in [4.69, 9.17) is 5.11 Å². The Hall–Kier alpha value is -1.79. The van der Waals surface area contributed by atoms with Gasteiger partial charge < -0.3 is 20.2 Å². The molecule has 7 heteroatoms. The Kier molecular flexibility index (Phi) is 4.69. The third-order valence-corrected chi connectivity index (χ3v) is 4.52. The van der Waals surface area contributed by atoms with E-state index in [0.717, 1.165) is 12.8 Å². The SMILES string of the molecule is CCC(C)N(CC(=O)O)C(=O)N1CCCC2C(=O)NCC21. The summed E-state index contributed by atoms with van der Waals surface area (Å²) in [5.41, 5.74) is 0. The van der Waals surface area contributed by atoms with Crippen LogP contribution < -0.4 is 5.32 Å². The molecule has 3 amide bonds. The highest BCUT2D eigenvalue weighted by atomic mass is 16.4. The van der Waals surface area contributed by atoms with Crippen LogP contribution in [0.1, 0.15) is 33.1 Å². The van der Waals surface area contributed by atoms with Crippen LogP contribution in [0.25, 0.3) is 0 Å². The molecule has 0 aromatic heterocycles. The number of likely N-dealkylation sites (tertiary alicyclic amines) is 1. The number of carboxylic acids is 1. The summed E-state index contributed by atoms with van der Waals surface area (Å²) in [6.07, 6.45) is 2.27. The number of urea groups is 1. The van der Waals surface area contributed by atoms with Gasteiger partial charge in [-0.15, -0.1) is 0 Å². The molecule has 2 fully saturated rings. The maximum Gasteiger partial charge on any atom is 0.323 e. The number of aliphatic carboxylic acids is 1. The van der Waals surface area contributed by atoms with Crippen LogP contribution in [-0.4, -0.2) is 64.5 Å². The zero-order valence-electron chi connectivity index (χ0n) is 12.5. The van der Waals surface area contributed by atoms with Gasteiger partial charge in [0.2, 0.25) is 5.91 Å². The fraction of sp³-hybridized carbons (Fsp3) is 0.786. The Morgan fingerprint density at radius 1 is 1.52 bits per heavy atom. The van der Waals surface area contributed by atoms with Gasteiger partial charge in [-0.05, 0) is 26.2 Å². The van der Waals surface area contributed by atoms with Gasteiger partial charge in [-0.1, -0.05) is 6.92 Å². The summed E-state index contributed by atoms with van der Waals surface area (Å²) in [4.78, 5) is 38.6. The average molecular weight is 297 g/mol. The number of rotatable bonds is 4. The van der Waals surface area contributed by atoms with Gasteiger partial charge in [0.05, 0.1) is 12.0 Å². The Balaban J connectivity index is 2.15. The Labute approximate surface area is 124 Å². The minimum absolute atomic E-state index is 0.00539. The zero-order valence-corrected chi connectivity index (χ0v) is 12.5. The number of carbonyl (C=O) groups is 3. The summed E-state index contributed by atoms with van der Waals surface area (Å²) in [5.74, 6) is -1.16. The molecular weight excluding hydrogens is 274 g/mol. The van der Waals surface area contributed by atoms with Gasteiger partial charge in [0.1, 0.15) is 6.54 Å². The maximum absolute atomic E-state index is 12.7. The van der Waals surface area contributed by atoms with E-state index in [1.807, 2.05) is 13.8 Å². The first-order valence-electron chi connectivity index (χ1n) is 7.52. The Bertz CT molecular complexity index is 440. The van der Waals surface area contributed by atoms with Crippen molar-refractivity contribution in [3.05, 3.63) is 0 Å². The summed E-state index contributed by atoms with van der Waals surface area (Å²) in [6.45, 7) is 4.52. The van der Waals surface area contributed by atoms with Crippen LogP contribution in [0.15, 0.2) is 0 Å². The molecule has 0 bridgehead atoms. The number of carboxylic acid groups (broad SMARTS) is 1. The third-order valence-electron chi connectivity index (χ3n) is 4.52. The summed E-state index contributed by atoms with van der Waals surface area (Å²) in [5, 5.41) is 11.8. The van der Waals surface area contributed by atoms with Crippen molar-refractivity contribution >= 4 is 17.9 Å². The van der Waals surface area contributed by atoms with Crippen LogP contribution in [0, 0.1) is 5.92 Å². The van der Waals surface area contributed by atoms with E-state index < -0.39 is 5.97 Å². The number of nitrogens with zero attached hydrogens (tertiary/aromatic N) is 2. The van der Waals surface area contributed by atoms with Crippen molar-refractivity contribution in [2.45, 2.75) is 45.2 Å². The van der Waals surface area contributed by atoms with Crippen molar-refractivity contribution in [2.75, 3.05) is 19.6 Å². The molecule has 0 saturated carbocycles. The molecule has 2 saturated heterocycles. The van der Waals surface area contributed by atoms with Crippen LogP contribution in [0.3, 0.4) is 0 Å². The molecule has 0 aromatic carbocycles. The van der Waals surface area contributed by atoms with Gasteiger partial charge in [0.15, 0.2) is 0 Å². The van der Waals surface area contributed by atoms with Crippen LogP contribution in [0.5, 0.6) is 0 Å². The largest absolute Gasteiger partial charge is 0.480 e. The molecular formula is C14H23N3O4. The molecule has 0 spiro atoms. The number of hydrogen-bond donors (Lipinski definition) is 2. The van der Waals surface area contributed by atoms with Gasteiger partial charge in [0.25, 0.3) is 0 Å². The molecule has 118 valence electrons. The van der Waals surface area contributed by atoms with Gasteiger partial charge in [-0.25, -0.2) is 4.79 Å². The average Bonchev–Trinajstić information content (AvgIpc) is 2.85. The molecule has 2 heterocycles. The molecule has 3 unspecified atom stereocenters. The van der Waals surface area contributed by atoms with E-state index in [2.05, 4.69) is 5.32 Å². The standard InChI is InChI=1S/C14H23N3O4/c1-3-9(2)17(8-12(18)19)14(21)16-6-4-5-10-11(16)7-15-13(10)20/h9-11H,3-8H2,1-2H3,(H,15,20)(H,18,19). The molecule has 21 heavy (non-hydrogen) atoms. The fourth-order valence-electron chi connectivity index (χ4n) is 3.13. The van der Waals surface area contributed by atoms with Crippen LogP contribution in [-0.2, 0) is 9.59 Å². The molecule has 2 N–H and O–H groups in total. The maximum atomic E-state index is 12.7. The lowest BCUT2D eigenvalue weighted by Crippen LogP contribution is -2.56. The van der Waals surface area contributed by atoms with E-state index in [1.54, 1.807) is 4.90 Å². The number of carbonyl (C=O) groups excluding carboxylic acids is 2. The predicted molar refractivity (Wildman–Crippen MR) is 75.7 cm³/mol. The van der Waals surface area contributed by atoms with Crippen LogP contribution >= 0.6 is 0 Å². The molecule has 0 radical (unpaired) electrons. The van der Waals surface area contributed by atoms with Gasteiger partial charge >= 0.3 is 12.0 Å². The minimum atomic E-state index is -1.02. The molecule has 3 atom stereocenters. The number of hydrogen-bond acceptors (Lipinski definition) is 3. The van der Waals surface area contributed by atoms with Crippen molar-refractivity contribution in [1.29, 1.82) is 0 Å². The monoisotopic (exact) mass is 297 g/mol. The Morgan fingerprint density at radius 3 is 2.86 bits per heavy atom. The molecule has 0 aliphatic carbocycles. The smallest absolute Gasteiger partial charge is 0.323 e. The van der Waals surface area contributed by atoms with Crippen molar-refractivity contribution in [1.82, 2.24) is 15.1 Å². The molecule has 7 nitrogen and oxygen atoms in total. The van der Waals surface area contributed by atoms with Crippen LogP contribution in [0.2, 0.25) is 0 Å². The molecule has 2 rings (SSSR count). The van der Waals surface area contributed by atoms with E-state index in [-0.39, 0.29) is 36.5 Å². The van der Waals surface area contributed by atoms with Gasteiger partial charge in [-0.3, -0.25) is 9.59 Å². The lowest BCUT2D eigenvalue weighted by molar-refractivity contribution is -0.138. The second-order valence-electron chi connectivity index (χ2n) is 5.82. The first-order chi connectivity index (χ1) is 9.95.